The van der Waals surface area contributed by atoms with Gasteiger partial charge in [0, 0.05) is 16.6 Å². The highest BCUT2D eigenvalue weighted by atomic mass is 35.5. The highest BCUT2D eigenvalue weighted by Gasteiger charge is 2.41. The highest BCUT2D eigenvalue weighted by Crippen LogP contribution is 2.37. The summed E-state index contributed by atoms with van der Waals surface area (Å²) in [5, 5.41) is 4.53. The van der Waals surface area contributed by atoms with Crippen LogP contribution in [0.1, 0.15) is 24.0 Å². The van der Waals surface area contributed by atoms with Crippen molar-refractivity contribution in [3.63, 3.8) is 0 Å². The van der Waals surface area contributed by atoms with E-state index in [0.717, 1.165) is 24.0 Å². The first-order valence-corrected chi connectivity index (χ1v) is 10.7. The van der Waals surface area contributed by atoms with Crippen LogP contribution in [-0.2, 0) is 11.4 Å². The van der Waals surface area contributed by atoms with Crippen molar-refractivity contribution in [1.82, 2.24) is 10.2 Å². The molecule has 1 saturated heterocycles. The maximum atomic E-state index is 12.6. The number of carbonyl (C=O) groups excluding carboxylic acids is 1. The summed E-state index contributed by atoms with van der Waals surface area (Å²) in [5.41, 5.74) is 2.02. The molecule has 0 aromatic heterocycles. The summed E-state index contributed by atoms with van der Waals surface area (Å²) >= 11 is 23.6. The SMILES string of the molecule is COc1ccc(/C=C2/NC(=S)N(C3CC3)C2=O)cc1COc1c(Cl)cc(Cl)cc1Cl. The van der Waals surface area contributed by atoms with Gasteiger partial charge in [0.2, 0.25) is 0 Å². The summed E-state index contributed by atoms with van der Waals surface area (Å²) in [7, 11) is 1.58. The van der Waals surface area contributed by atoms with Crippen molar-refractivity contribution in [2.24, 2.45) is 0 Å². The quantitative estimate of drug-likeness (QED) is 0.437. The van der Waals surface area contributed by atoms with Crippen LogP contribution in [0.4, 0.5) is 0 Å². The molecule has 156 valence electrons. The molecule has 1 saturated carbocycles. The smallest absolute Gasteiger partial charge is 0.276 e. The summed E-state index contributed by atoms with van der Waals surface area (Å²) in [6.07, 6.45) is 3.74. The fourth-order valence-electron chi connectivity index (χ4n) is 3.20. The van der Waals surface area contributed by atoms with Crippen LogP contribution in [0.2, 0.25) is 15.1 Å². The second-order valence-electron chi connectivity index (χ2n) is 6.95. The normalized spacial score (nSPS) is 17.5. The van der Waals surface area contributed by atoms with Gasteiger partial charge in [-0.3, -0.25) is 9.69 Å². The molecule has 0 bridgehead atoms. The molecule has 5 nitrogen and oxygen atoms in total. The lowest BCUT2D eigenvalue weighted by molar-refractivity contribution is -0.122. The van der Waals surface area contributed by atoms with Crippen LogP contribution >= 0.6 is 47.0 Å². The molecule has 2 aliphatic rings. The van der Waals surface area contributed by atoms with Crippen LogP contribution in [0.25, 0.3) is 6.08 Å². The summed E-state index contributed by atoms with van der Waals surface area (Å²) in [5.74, 6) is 0.877. The van der Waals surface area contributed by atoms with Gasteiger partial charge in [-0.25, -0.2) is 0 Å². The minimum atomic E-state index is -0.101. The van der Waals surface area contributed by atoms with Gasteiger partial charge in [-0.2, -0.15) is 0 Å². The maximum Gasteiger partial charge on any atom is 0.276 e. The van der Waals surface area contributed by atoms with Crippen molar-refractivity contribution in [3.8, 4) is 11.5 Å². The number of methoxy groups -OCH3 is 1. The molecule has 0 radical (unpaired) electrons. The molecule has 0 spiro atoms. The van der Waals surface area contributed by atoms with Crippen molar-refractivity contribution >= 4 is 64.1 Å². The van der Waals surface area contributed by atoms with Gasteiger partial charge >= 0.3 is 0 Å². The van der Waals surface area contributed by atoms with Crippen LogP contribution in [0.15, 0.2) is 36.0 Å². The number of halogens is 3. The van der Waals surface area contributed by atoms with E-state index in [2.05, 4.69) is 5.32 Å². The van der Waals surface area contributed by atoms with Gasteiger partial charge in [0.15, 0.2) is 10.9 Å². The predicted molar refractivity (Wildman–Crippen MR) is 122 cm³/mol. The zero-order valence-corrected chi connectivity index (χ0v) is 19.0. The Bertz CT molecular complexity index is 1050. The average Bonchev–Trinajstić information content (AvgIpc) is 3.47. The van der Waals surface area contributed by atoms with Crippen molar-refractivity contribution in [1.29, 1.82) is 0 Å². The summed E-state index contributed by atoms with van der Waals surface area (Å²) in [4.78, 5) is 14.3. The predicted octanol–water partition coefficient (Wildman–Crippen LogP) is 5.45. The summed E-state index contributed by atoms with van der Waals surface area (Å²) in [6, 6.07) is 8.89. The van der Waals surface area contributed by atoms with Gasteiger partial charge in [-0.15, -0.1) is 0 Å². The third-order valence-corrected chi connectivity index (χ3v) is 5.85. The fourth-order valence-corrected chi connectivity index (χ4v) is 4.47. The van der Waals surface area contributed by atoms with E-state index in [4.69, 9.17) is 56.5 Å². The Morgan fingerprint density at radius 2 is 1.90 bits per heavy atom. The maximum absolute atomic E-state index is 12.6. The Hall–Kier alpha value is -1.99. The molecule has 1 N–H and O–H groups in total. The molecule has 2 aromatic rings. The molecule has 0 atom stereocenters. The Morgan fingerprint density at radius 1 is 1.20 bits per heavy atom. The first-order valence-electron chi connectivity index (χ1n) is 9.18. The van der Waals surface area contributed by atoms with Crippen LogP contribution in [0, 0.1) is 0 Å². The number of nitrogens with one attached hydrogen (secondary N) is 1. The lowest BCUT2D eigenvalue weighted by Crippen LogP contribution is -2.32. The standard InChI is InChI=1S/C21H17Cl3N2O3S/c1-28-18-5-2-11(7-17-20(27)26(14-3-4-14)21(30)25-17)6-12(18)10-29-19-15(23)8-13(22)9-16(19)24/h2,5-9,14H,3-4,10H2,1H3,(H,25,30)/b17-7+. The zero-order valence-electron chi connectivity index (χ0n) is 15.9. The molecule has 4 rings (SSSR count). The summed E-state index contributed by atoms with van der Waals surface area (Å²) < 4.78 is 11.3. The molecule has 30 heavy (non-hydrogen) atoms. The molecular weight excluding hydrogens is 467 g/mol. The third-order valence-electron chi connectivity index (χ3n) is 4.77. The molecule has 1 heterocycles. The second kappa shape index (κ2) is 8.63. The number of benzene rings is 2. The van der Waals surface area contributed by atoms with E-state index in [9.17, 15) is 4.79 Å². The number of amides is 1. The Balaban J connectivity index is 1.57. The van der Waals surface area contributed by atoms with Crippen LogP contribution in [0.5, 0.6) is 11.5 Å². The largest absolute Gasteiger partial charge is 0.496 e. The molecular formula is C21H17Cl3N2O3S. The van der Waals surface area contributed by atoms with E-state index >= 15 is 0 Å². The first kappa shape index (κ1) is 21.2. The molecule has 1 amide bonds. The molecule has 2 aromatic carbocycles. The van der Waals surface area contributed by atoms with Crippen molar-refractivity contribution in [2.75, 3.05) is 7.11 Å². The number of rotatable bonds is 6. The highest BCUT2D eigenvalue weighted by molar-refractivity contribution is 7.80. The third kappa shape index (κ3) is 4.37. The minimum Gasteiger partial charge on any atom is -0.496 e. The lowest BCUT2D eigenvalue weighted by atomic mass is 10.1. The van der Waals surface area contributed by atoms with Crippen LogP contribution in [-0.4, -0.2) is 29.1 Å². The van der Waals surface area contributed by atoms with E-state index < -0.39 is 0 Å². The van der Waals surface area contributed by atoms with Gasteiger partial charge in [0.25, 0.3) is 5.91 Å². The van der Waals surface area contributed by atoms with E-state index in [0.29, 0.717) is 37.4 Å². The zero-order chi connectivity index (χ0) is 21.4. The van der Waals surface area contributed by atoms with Crippen molar-refractivity contribution in [2.45, 2.75) is 25.5 Å². The Morgan fingerprint density at radius 3 is 2.53 bits per heavy atom. The van der Waals surface area contributed by atoms with Gasteiger partial charge in [0.05, 0.1) is 17.2 Å². The Kier molecular flexibility index (Phi) is 6.11. The van der Waals surface area contributed by atoms with Gasteiger partial charge in [0.1, 0.15) is 18.1 Å². The molecule has 1 aliphatic heterocycles. The molecule has 0 unspecified atom stereocenters. The number of hydrogen-bond acceptors (Lipinski definition) is 4. The van der Waals surface area contributed by atoms with Crippen molar-refractivity contribution < 1.29 is 14.3 Å². The number of nitrogens with zero attached hydrogens (tertiary/aromatic N) is 1. The molecule has 1 aliphatic carbocycles. The fraction of sp³-hybridized carbons (Fsp3) is 0.238. The first-order chi connectivity index (χ1) is 14.4. The Labute approximate surface area is 194 Å². The van der Waals surface area contributed by atoms with Gasteiger partial charge < -0.3 is 14.8 Å². The number of hydrogen-bond donors (Lipinski definition) is 1. The number of thiocarbonyl (C=S) groups is 1. The average molecular weight is 484 g/mol. The van der Waals surface area contributed by atoms with Gasteiger partial charge in [-0.05, 0) is 61.0 Å². The van der Waals surface area contributed by atoms with E-state index in [1.807, 2.05) is 18.2 Å². The van der Waals surface area contributed by atoms with E-state index in [-0.39, 0.29) is 18.6 Å². The van der Waals surface area contributed by atoms with Crippen molar-refractivity contribution in [3.05, 3.63) is 62.2 Å². The van der Waals surface area contributed by atoms with Crippen LogP contribution in [0.3, 0.4) is 0 Å². The lowest BCUT2D eigenvalue weighted by Gasteiger charge is -2.13. The topological polar surface area (TPSA) is 50.8 Å². The van der Waals surface area contributed by atoms with E-state index in [1.165, 1.54) is 0 Å². The van der Waals surface area contributed by atoms with Gasteiger partial charge in [-0.1, -0.05) is 40.9 Å². The monoisotopic (exact) mass is 482 g/mol. The summed E-state index contributed by atoms with van der Waals surface area (Å²) in [6.45, 7) is 0.162. The second-order valence-corrected chi connectivity index (χ2v) is 8.59. The van der Waals surface area contributed by atoms with Crippen LogP contribution < -0.4 is 14.8 Å². The molecule has 9 heteroatoms. The number of carbonyl (C=O) groups is 1. The molecule has 2 fully saturated rings. The minimum absolute atomic E-state index is 0.101. The number of ether oxygens (including phenoxy) is 2. The van der Waals surface area contributed by atoms with E-state index in [1.54, 1.807) is 30.2 Å².